The maximum absolute atomic E-state index is 8.93. The van der Waals surface area contributed by atoms with Crippen LogP contribution in [-0.4, -0.2) is 11.3 Å². The molecule has 12 heavy (non-hydrogen) atoms. The first-order chi connectivity index (χ1) is 5.70. The van der Waals surface area contributed by atoms with Crippen molar-refractivity contribution < 1.29 is 5.11 Å². The van der Waals surface area contributed by atoms with E-state index in [0.717, 1.165) is 11.3 Å². The molecule has 0 fully saturated rings. The van der Waals surface area contributed by atoms with Crippen LogP contribution in [-0.2, 0) is 0 Å². The highest BCUT2D eigenvalue weighted by Crippen LogP contribution is 2.11. The number of aliphatic hydroxyl groups is 1. The third-order valence-electron chi connectivity index (χ3n) is 1.56. The van der Waals surface area contributed by atoms with Crippen LogP contribution in [0.25, 0.3) is 0 Å². The van der Waals surface area contributed by atoms with E-state index in [1.165, 1.54) is 0 Å². The van der Waals surface area contributed by atoms with Gasteiger partial charge in [-0.15, -0.1) is 0 Å². The summed E-state index contributed by atoms with van der Waals surface area (Å²) in [7, 11) is 0. The van der Waals surface area contributed by atoms with Crippen molar-refractivity contribution in [3.05, 3.63) is 29.8 Å². The Balaban J connectivity index is 2.57. The summed E-state index contributed by atoms with van der Waals surface area (Å²) < 4.78 is 0. The lowest BCUT2D eigenvalue weighted by molar-refractivity contribution is 0.166. The standard InChI is InChI=1S/C9H14N2O/c1-7-5-3-4-6-9(7)11-10-8(2)12/h3-6,8,10-12H,1-2H3. The summed E-state index contributed by atoms with van der Waals surface area (Å²) in [6.45, 7) is 3.66. The van der Waals surface area contributed by atoms with Crippen molar-refractivity contribution in [2.24, 2.45) is 0 Å². The minimum Gasteiger partial charge on any atom is -0.377 e. The zero-order chi connectivity index (χ0) is 8.97. The van der Waals surface area contributed by atoms with Crippen molar-refractivity contribution in [3.63, 3.8) is 0 Å². The van der Waals surface area contributed by atoms with Gasteiger partial charge in [-0.1, -0.05) is 18.2 Å². The molecule has 0 aliphatic heterocycles. The maximum Gasteiger partial charge on any atom is 0.118 e. The Labute approximate surface area is 72.4 Å². The molecule has 0 amide bonds. The number of para-hydroxylation sites is 1. The fourth-order valence-corrected chi connectivity index (χ4v) is 0.895. The van der Waals surface area contributed by atoms with Gasteiger partial charge in [-0.2, -0.15) is 0 Å². The fraction of sp³-hybridized carbons (Fsp3) is 0.333. The monoisotopic (exact) mass is 166 g/mol. The highest BCUT2D eigenvalue weighted by atomic mass is 16.3. The average Bonchev–Trinajstić information content (AvgIpc) is 2.03. The Bertz CT molecular complexity index is 248. The summed E-state index contributed by atoms with van der Waals surface area (Å²) in [6, 6.07) is 7.87. The van der Waals surface area contributed by atoms with E-state index < -0.39 is 6.23 Å². The third-order valence-corrected chi connectivity index (χ3v) is 1.56. The second-order valence-corrected chi connectivity index (χ2v) is 2.76. The summed E-state index contributed by atoms with van der Waals surface area (Å²) in [5.74, 6) is 0. The molecule has 0 aliphatic rings. The number of aryl methyl sites for hydroxylation is 1. The molecular formula is C9H14N2O. The molecule has 3 nitrogen and oxygen atoms in total. The molecule has 1 rings (SSSR count). The van der Waals surface area contributed by atoms with Gasteiger partial charge in [-0.05, 0) is 25.5 Å². The van der Waals surface area contributed by atoms with E-state index in [2.05, 4.69) is 10.9 Å². The van der Waals surface area contributed by atoms with Gasteiger partial charge in [0.25, 0.3) is 0 Å². The van der Waals surface area contributed by atoms with Gasteiger partial charge in [0.1, 0.15) is 6.23 Å². The molecule has 66 valence electrons. The minimum atomic E-state index is -0.551. The number of nitrogens with one attached hydrogen (secondary N) is 2. The van der Waals surface area contributed by atoms with Crippen LogP contribution in [0.4, 0.5) is 5.69 Å². The number of hydrogen-bond acceptors (Lipinski definition) is 3. The first-order valence-corrected chi connectivity index (χ1v) is 3.95. The molecule has 1 atom stereocenters. The van der Waals surface area contributed by atoms with Crippen LogP contribution in [0.15, 0.2) is 24.3 Å². The molecule has 0 saturated carbocycles. The molecule has 0 aromatic heterocycles. The van der Waals surface area contributed by atoms with Crippen LogP contribution in [0.5, 0.6) is 0 Å². The summed E-state index contributed by atoms with van der Waals surface area (Å²) in [6.07, 6.45) is -0.551. The molecule has 1 aromatic carbocycles. The summed E-state index contributed by atoms with van der Waals surface area (Å²) in [4.78, 5) is 0. The molecule has 0 radical (unpaired) electrons. The zero-order valence-electron chi connectivity index (χ0n) is 7.33. The lowest BCUT2D eigenvalue weighted by atomic mass is 10.2. The molecule has 1 unspecified atom stereocenters. The third kappa shape index (κ3) is 2.53. The van der Waals surface area contributed by atoms with E-state index in [1.807, 2.05) is 31.2 Å². The molecular weight excluding hydrogens is 152 g/mol. The normalized spacial score (nSPS) is 12.6. The Morgan fingerprint density at radius 1 is 1.33 bits per heavy atom. The number of rotatable bonds is 3. The molecule has 3 N–H and O–H groups in total. The number of hydrogen-bond donors (Lipinski definition) is 3. The quantitative estimate of drug-likeness (QED) is 0.467. The molecule has 0 aliphatic carbocycles. The van der Waals surface area contributed by atoms with E-state index in [1.54, 1.807) is 6.92 Å². The SMILES string of the molecule is Cc1ccccc1NNC(C)O. The zero-order valence-corrected chi connectivity index (χ0v) is 7.33. The second-order valence-electron chi connectivity index (χ2n) is 2.76. The van der Waals surface area contributed by atoms with Gasteiger partial charge >= 0.3 is 0 Å². The van der Waals surface area contributed by atoms with E-state index in [-0.39, 0.29) is 0 Å². The van der Waals surface area contributed by atoms with Crippen LogP contribution in [0.1, 0.15) is 12.5 Å². The van der Waals surface area contributed by atoms with Gasteiger partial charge in [0.15, 0.2) is 0 Å². The van der Waals surface area contributed by atoms with E-state index in [9.17, 15) is 0 Å². The maximum atomic E-state index is 8.93. The van der Waals surface area contributed by atoms with Crippen LogP contribution in [0, 0.1) is 6.92 Å². The van der Waals surface area contributed by atoms with Gasteiger partial charge in [-0.25, -0.2) is 5.43 Å². The summed E-state index contributed by atoms with van der Waals surface area (Å²) in [5, 5.41) is 8.93. The fourth-order valence-electron chi connectivity index (χ4n) is 0.895. The lowest BCUT2D eigenvalue weighted by Crippen LogP contribution is -2.31. The predicted octanol–water partition coefficient (Wildman–Crippen LogP) is 1.25. The topological polar surface area (TPSA) is 44.3 Å². The van der Waals surface area contributed by atoms with Gasteiger partial charge in [0, 0.05) is 0 Å². The number of hydrazine groups is 1. The lowest BCUT2D eigenvalue weighted by Gasteiger charge is -2.12. The molecule has 0 spiro atoms. The van der Waals surface area contributed by atoms with Crippen LogP contribution in [0.2, 0.25) is 0 Å². The van der Waals surface area contributed by atoms with Crippen LogP contribution >= 0.6 is 0 Å². The highest BCUT2D eigenvalue weighted by Gasteiger charge is 1.95. The molecule has 1 aromatic rings. The Kier molecular flexibility index (Phi) is 3.08. The summed E-state index contributed by atoms with van der Waals surface area (Å²) in [5.41, 5.74) is 7.75. The van der Waals surface area contributed by atoms with Crippen molar-refractivity contribution in [1.29, 1.82) is 0 Å². The molecule has 0 heterocycles. The predicted molar refractivity (Wildman–Crippen MR) is 49.6 cm³/mol. The Morgan fingerprint density at radius 3 is 2.58 bits per heavy atom. The van der Waals surface area contributed by atoms with Crippen molar-refractivity contribution >= 4 is 5.69 Å². The number of anilines is 1. The highest BCUT2D eigenvalue weighted by molar-refractivity contribution is 5.49. The van der Waals surface area contributed by atoms with Crippen LogP contribution < -0.4 is 10.9 Å². The van der Waals surface area contributed by atoms with Gasteiger partial charge in [-0.3, -0.25) is 0 Å². The van der Waals surface area contributed by atoms with E-state index in [4.69, 9.17) is 5.11 Å². The van der Waals surface area contributed by atoms with Gasteiger partial charge in [0.2, 0.25) is 0 Å². The smallest absolute Gasteiger partial charge is 0.118 e. The van der Waals surface area contributed by atoms with E-state index >= 15 is 0 Å². The van der Waals surface area contributed by atoms with E-state index in [0.29, 0.717) is 0 Å². The molecule has 0 bridgehead atoms. The molecule has 0 saturated heterocycles. The largest absolute Gasteiger partial charge is 0.377 e. The van der Waals surface area contributed by atoms with Crippen molar-refractivity contribution in [3.8, 4) is 0 Å². The average molecular weight is 166 g/mol. The van der Waals surface area contributed by atoms with Crippen LogP contribution in [0.3, 0.4) is 0 Å². The summed E-state index contributed by atoms with van der Waals surface area (Å²) >= 11 is 0. The van der Waals surface area contributed by atoms with Crippen molar-refractivity contribution in [2.45, 2.75) is 20.1 Å². The second kappa shape index (κ2) is 4.09. The van der Waals surface area contributed by atoms with Gasteiger partial charge < -0.3 is 10.5 Å². The van der Waals surface area contributed by atoms with Crippen molar-refractivity contribution in [2.75, 3.05) is 5.43 Å². The Hall–Kier alpha value is -1.06. The first-order valence-electron chi connectivity index (χ1n) is 3.95. The van der Waals surface area contributed by atoms with Crippen molar-refractivity contribution in [1.82, 2.24) is 5.43 Å². The molecule has 3 heteroatoms. The minimum absolute atomic E-state index is 0.551. The number of aliphatic hydroxyl groups excluding tert-OH is 1. The first kappa shape index (κ1) is 9.03. The number of benzene rings is 1. The van der Waals surface area contributed by atoms with Gasteiger partial charge in [0.05, 0.1) is 5.69 Å². The Morgan fingerprint density at radius 2 is 2.00 bits per heavy atom.